The molecule has 13 nitrogen and oxygen atoms in total. The molecule has 5 amide bonds. The fourth-order valence-corrected chi connectivity index (χ4v) is 11.6. The number of Topliss-reactive ketones (excluding diaryl/α,β-unsaturated/α-hetero) is 1. The standard InChI is InChI=1S/C41H67N5O8S/c1-8-23-42-35(49)32(47)29(18-17-27-15-16-27)43-34(48)31-30-28(39(30,4)5)24-46(31)36(50)33(40(6)19-11-9-12-20-40)44-37(51)45-41(21-13-10-14-22-41)26-55(52,53)38(2,3)25-54-7/h8,27-31,33H,1,9-26H2,2-7H3,(H,42,49)(H,43,48)(H2,44,45,51)/t28-,29?,30-,31-,33+/m0/s1. The van der Waals surface area contributed by atoms with E-state index in [9.17, 15) is 27.6 Å². The van der Waals surface area contributed by atoms with E-state index in [1.807, 2.05) is 6.92 Å². The Hall–Kier alpha value is -3.00. The summed E-state index contributed by atoms with van der Waals surface area (Å²) in [4.78, 5) is 71.3. The lowest BCUT2D eigenvalue weighted by Crippen LogP contribution is -2.65. The minimum atomic E-state index is -3.72. The summed E-state index contributed by atoms with van der Waals surface area (Å²) in [6, 6.07) is -3.46. The number of fused-ring (bicyclic) bond motifs is 1. The van der Waals surface area contributed by atoms with Crippen LogP contribution in [0.5, 0.6) is 0 Å². The van der Waals surface area contributed by atoms with E-state index in [1.54, 1.807) is 18.7 Å². The zero-order valence-corrected chi connectivity index (χ0v) is 34.9. The molecule has 5 rings (SSSR count). The predicted octanol–water partition coefficient (Wildman–Crippen LogP) is 4.20. The quantitative estimate of drug-likeness (QED) is 0.118. The van der Waals surface area contributed by atoms with Crippen molar-refractivity contribution in [3.63, 3.8) is 0 Å². The maximum absolute atomic E-state index is 15.0. The van der Waals surface area contributed by atoms with Gasteiger partial charge in [0.15, 0.2) is 9.84 Å². The van der Waals surface area contributed by atoms with Gasteiger partial charge in [0.1, 0.15) is 12.1 Å². The van der Waals surface area contributed by atoms with Crippen molar-refractivity contribution in [2.24, 2.45) is 28.6 Å². The molecule has 4 aliphatic carbocycles. The normalized spacial score (nSPS) is 26.4. The Labute approximate surface area is 328 Å². The van der Waals surface area contributed by atoms with E-state index in [2.05, 4.69) is 41.7 Å². The van der Waals surface area contributed by atoms with Crippen LogP contribution in [0.15, 0.2) is 12.7 Å². The van der Waals surface area contributed by atoms with Gasteiger partial charge in [0.05, 0.1) is 28.7 Å². The molecule has 0 bridgehead atoms. The van der Waals surface area contributed by atoms with Crippen LogP contribution in [0.4, 0.5) is 4.79 Å². The summed E-state index contributed by atoms with van der Waals surface area (Å²) in [6.45, 7) is 13.5. The number of urea groups is 1. The number of hydrogen-bond donors (Lipinski definition) is 4. The molecule has 1 unspecified atom stereocenters. The number of methoxy groups -OCH3 is 1. The van der Waals surface area contributed by atoms with Gasteiger partial charge in [-0.3, -0.25) is 19.2 Å². The lowest BCUT2D eigenvalue weighted by molar-refractivity contribution is -0.146. The highest BCUT2D eigenvalue weighted by molar-refractivity contribution is 7.92. The molecule has 310 valence electrons. The Morgan fingerprint density at radius 3 is 2.15 bits per heavy atom. The number of carbonyl (C=O) groups is 5. The number of nitrogens with one attached hydrogen (secondary N) is 4. The van der Waals surface area contributed by atoms with E-state index in [0.717, 1.165) is 51.4 Å². The zero-order valence-electron chi connectivity index (χ0n) is 34.1. The van der Waals surface area contributed by atoms with Crippen LogP contribution in [-0.2, 0) is 33.8 Å². The van der Waals surface area contributed by atoms with Crippen molar-refractivity contribution >= 4 is 39.4 Å². The van der Waals surface area contributed by atoms with Gasteiger partial charge in [0.25, 0.3) is 5.91 Å². The molecule has 1 heterocycles. The van der Waals surface area contributed by atoms with Crippen LogP contribution in [0.2, 0.25) is 0 Å². The lowest BCUT2D eigenvalue weighted by atomic mass is 9.70. The third-order valence-electron chi connectivity index (χ3n) is 13.8. The average Bonchev–Trinajstić information content (AvgIpc) is 3.99. The fourth-order valence-electron chi connectivity index (χ4n) is 9.84. The van der Waals surface area contributed by atoms with E-state index < -0.39 is 67.3 Å². The van der Waals surface area contributed by atoms with Crippen LogP contribution in [0.3, 0.4) is 0 Å². The molecule has 0 spiro atoms. The van der Waals surface area contributed by atoms with Crippen molar-refractivity contribution in [2.75, 3.05) is 32.6 Å². The number of ketones is 1. The fraction of sp³-hybridized carbons (Fsp3) is 0.829. The first-order valence-electron chi connectivity index (χ1n) is 20.7. The molecule has 55 heavy (non-hydrogen) atoms. The van der Waals surface area contributed by atoms with Crippen LogP contribution < -0.4 is 21.3 Å². The molecule has 0 radical (unpaired) electrons. The molecule has 4 saturated carbocycles. The maximum Gasteiger partial charge on any atom is 0.315 e. The van der Waals surface area contributed by atoms with Gasteiger partial charge in [-0.05, 0) is 81.0 Å². The van der Waals surface area contributed by atoms with Gasteiger partial charge in [0.2, 0.25) is 17.6 Å². The van der Waals surface area contributed by atoms with Gasteiger partial charge >= 0.3 is 6.03 Å². The first-order valence-corrected chi connectivity index (χ1v) is 22.3. The topological polar surface area (TPSA) is 180 Å². The summed E-state index contributed by atoms with van der Waals surface area (Å²) in [5.41, 5.74) is -1.82. The SMILES string of the molecule is C=CCNC(=O)C(=O)C(CCC1CC1)NC(=O)[C@@H]1[C@@H]2[C@H](CN1C(=O)[C@@H](NC(=O)NC1(CS(=O)(=O)C(C)(C)COC)CCCCC1)C1(C)CCCCC1)C2(C)C. The third kappa shape index (κ3) is 9.59. The third-order valence-corrected chi connectivity index (χ3v) is 16.5. The number of hydrogen-bond acceptors (Lipinski definition) is 8. The highest BCUT2D eigenvalue weighted by atomic mass is 32.2. The van der Waals surface area contributed by atoms with Crippen LogP contribution in [-0.4, -0.2) is 104 Å². The number of ether oxygens (including phenoxy) is 1. The Morgan fingerprint density at radius 2 is 1.56 bits per heavy atom. The van der Waals surface area contributed by atoms with E-state index >= 15 is 4.79 Å². The van der Waals surface area contributed by atoms with Crippen LogP contribution in [0, 0.1) is 28.6 Å². The number of piperidine rings is 1. The Kier molecular flexibility index (Phi) is 13.2. The lowest BCUT2D eigenvalue weighted by Gasteiger charge is -2.44. The van der Waals surface area contributed by atoms with Crippen molar-refractivity contribution in [1.29, 1.82) is 0 Å². The van der Waals surface area contributed by atoms with Crippen LogP contribution in [0.25, 0.3) is 0 Å². The minimum absolute atomic E-state index is 0.0217. The second kappa shape index (κ2) is 16.8. The van der Waals surface area contributed by atoms with Crippen LogP contribution in [0.1, 0.15) is 125 Å². The summed E-state index contributed by atoms with van der Waals surface area (Å²) in [6.07, 6.45) is 12.3. The van der Waals surface area contributed by atoms with E-state index in [4.69, 9.17) is 4.74 Å². The molecule has 0 aromatic carbocycles. The smallest absolute Gasteiger partial charge is 0.315 e. The molecular weight excluding hydrogens is 723 g/mol. The molecule has 4 N–H and O–H groups in total. The van der Waals surface area contributed by atoms with Gasteiger partial charge in [-0.25, -0.2) is 13.2 Å². The van der Waals surface area contributed by atoms with Crippen molar-refractivity contribution < 1.29 is 37.1 Å². The number of likely N-dealkylation sites (tertiary alicyclic amines) is 1. The predicted molar refractivity (Wildman–Crippen MR) is 211 cm³/mol. The van der Waals surface area contributed by atoms with Crippen molar-refractivity contribution in [1.82, 2.24) is 26.2 Å². The van der Waals surface area contributed by atoms with Crippen LogP contribution >= 0.6 is 0 Å². The maximum atomic E-state index is 15.0. The number of sulfone groups is 1. The number of rotatable bonds is 18. The zero-order chi connectivity index (χ0) is 40.4. The molecule has 5 fully saturated rings. The second-order valence-electron chi connectivity index (χ2n) is 18.9. The molecule has 14 heteroatoms. The van der Waals surface area contributed by atoms with E-state index in [0.29, 0.717) is 51.0 Å². The first kappa shape index (κ1) is 43.1. The summed E-state index contributed by atoms with van der Waals surface area (Å²) in [7, 11) is -2.25. The highest BCUT2D eigenvalue weighted by Crippen LogP contribution is 2.65. The summed E-state index contributed by atoms with van der Waals surface area (Å²) >= 11 is 0. The molecule has 0 aromatic rings. The molecule has 5 aliphatic rings. The van der Waals surface area contributed by atoms with Gasteiger partial charge in [-0.1, -0.05) is 78.2 Å². The Bertz CT molecular complexity index is 1580. The van der Waals surface area contributed by atoms with E-state index in [-0.39, 0.29) is 42.1 Å². The van der Waals surface area contributed by atoms with Crippen molar-refractivity contribution in [3.05, 3.63) is 12.7 Å². The summed E-state index contributed by atoms with van der Waals surface area (Å²) in [5, 5.41) is 11.6. The Morgan fingerprint density at radius 1 is 0.945 bits per heavy atom. The van der Waals surface area contributed by atoms with Gasteiger partial charge < -0.3 is 30.9 Å². The molecule has 1 saturated heterocycles. The molecule has 5 atom stereocenters. The monoisotopic (exact) mass is 789 g/mol. The molecule has 0 aromatic heterocycles. The number of carbonyl (C=O) groups excluding carboxylic acids is 5. The van der Waals surface area contributed by atoms with Crippen molar-refractivity contribution in [2.45, 2.75) is 153 Å². The second-order valence-corrected chi connectivity index (χ2v) is 21.5. The van der Waals surface area contributed by atoms with Gasteiger partial charge in [-0.15, -0.1) is 6.58 Å². The summed E-state index contributed by atoms with van der Waals surface area (Å²) < 4.78 is 31.6. The average molecular weight is 790 g/mol. The molecule has 1 aliphatic heterocycles. The molecular formula is C41H67N5O8S. The first-order chi connectivity index (χ1) is 25.8. The minimum Gasteiger partial charge on any atom is -0.383 e. The Balaban J connectivity index is 1.39. The van der Waals surface area contributed by atoms with Gasteiger partial charge in [-0.2, -0.15) is 0 Å². The number of nitrogens with zero attached hydrogens (tertiary/aromatic N) is 1. The summed E-state index contributed by atoms with van der Waals surface area (Å²) in [5.74, 6) is -2.16. The van der Waals surface area contributed by atoms with E-state index in [1.165, 1.54) is 13.2 Å². The van der Waals surface area contributed by atoms with Gasteiger partial charge in [0, 0.05) is 20.2 Å². The van der Waals surface area contributed by atoms with Crippen molar-refractivity contribution in [3.8, 4) is 0 Å². The highest BCUT2D eigenvalue weighted by Gasteiger charge is 2.70. The number of amides is 5. The largest absolute Gasteiger partial charge is 0.383 e.